The second-order valence-corrected chi connectivity index (χ2v) is 6.39. The molecule has 130 valence electrons. The van der Waals surface area contributed by atoms with E-state index in [0.29, 0.717) is 22.9 Å². The predicted molar refractivity (Wildman–Crippen MR) is 96.6 cm³/mol. The van der Waals surface area contributed by atoms with Crippen molar-refractivity contribution in [2.75, 3.05) is 0 Å². The molecule has 0 saturated carbocycles. The van der Waals surface area contributed by atoms with E-state index in [9.17, 15) is 9.18 Å². The van der Waals surface area contributed by atoms with Crippen LogP contribution in [0.15, 0.2) is 76.4 Å². The van der Waals surface area contributed by atoms with Gasteiger partial charge in [0.15, 0.2) is 0 Å². The number of halogens is 2. The van der Waals surface area contributed by atoms with E-state index in [-0.39, 0.29) is 17.5 Å². The minimum absolute atomic E-state index is 0.244. The maximum absolute atomic E-state index is 13.5. The van der Waals surface area contributed by atoms with Gasteiger partial charge in [-0.15, -0.1) is 0 Å². The molecule has 0 radical (unpaired) electrons. The minimum atomic E-state index is -0.465. The molecule has 1 amide bonds. The molecular formula is C20H14ClFN2O2. The van der Waals surface area contributed by atoms with Gasteiger partial charge in [0.1, 0.15) is 17.3 Å². The van der Waals surface area contributed by atoms with Gasteiger partial charge in [-0.25, -0.2) is 9.40 Å². The third kappa shape index (κ3) is 3.13. The Hall–Kier alpha value is -2.92. The van der Waals surface area contributed by atoms with Crippen molar-refractivity contribution in [2.24, 2.45) is 5.10 Å². The molecule has 2 aromatic carbocycles. The van der Waals surface area contributed by atoms with Gasteiger partial charge in [-0.2, -0.15) is 5.10 Å². The Balaban J connectivity index is 1.73. The maximum Gasteiger partial charge on any atom is 0.274 e. The second kappa shape index (κ2) is 6.77. The summed E-state index contributed by atoms with van der Waals surface area (Å²) in [7, 11) is 0. The number of hydrazone groups is 1. The summed E-state index contributed by atoms with van der Waals surface area (Å²) in [5, 5.41) is 6.47. The van der Waals surface area contributed by atoms with Crippen molar-refractivity contribution in [2.45, 2.75) is 12.5 Å². The van der Waals surface area contributed by atoms with Crippen molar-refractivity contribution in [3.8, 4) is 0 Å². The van der Waals surface area contributed by atoms with Crippen molar-refractivity contribution < 1.29 is 13.6 Å². The topological polar surface area (TPSA) is 45.8 Å². The predicted octanol–water partition coefficient (Wildman–Crippen LogP) is 5.06. The molecule has 0 N–H and O–H groups in total. The van der Waals surface area contributed by atoms with Crippen LogP contribution in [0.4, 0.5) is 4.39 Å². The molecule has 6 heteroatoms. The van der Waals surface area contributed by atoms with Crippen LogP contribution < -0.4 is 0 Å². The van der Waals surface area contributed by atoms with Crippen LogP contribution in [0.5, 0.6) is 0 Å². The number of furan rings is 1. The second-order valence-electron chi connectivity index (χ2n) is 5.96. The minimum Gasteiger partial charge on any atom is -0.463 e. The van der Waals surface area contributed by atoms with Crippen LogP contribution in [-0.4, -0.2) is 16.6 Å². The van der Waals surface area contributed by atoms with Crippen molar-refractivity contribution in [1.82, 2.24) is 5.01 Å². The molecule has 3 aromatic rings. The fraction of sp³-hybridized carbons (Fsp3) is 0.100. The van der Waals surface area contributed by atoms with Gasteiger partial charge >= 0.3 is 0 Å². The Labute approximate surface area is 154 Å². The summed E-state index contributed by atoms with van der Waals surface area (Å²) < 4.78 is 19.0. The Morgan fingerprint density at radius 1 is 1.15 bits per heavy atom. The summed E-state index contributed by atoms with van der Waals surface area (Å²) in [4.78, 5) is 13.0. The van der Waals surface area contributed by atoms with Crippen molar-refractivity contribution in [3.05, 3.63) is 94.7 Å². The lowest BCUT2D eigenvalue weighted by Gasteiger charge is -2.22. The largest absolute Gasteiger partial charge is 0.463 e. The summed E-state index contributed by atoms with van der Waals surface area (Å²) in [6, 6.07) is 16.1. The molecule has 26 heavy (non-hydrogen) atoms. The molecule has 4 nitrogen and oxygen atoms in total. The Kier molecular flexibility index (Phi) is 4.31. The fourth-order valence-electron chi connectivity index (χ4n) is 2.99. The summed E-state index contributed by atoms with van der Waals surface area (Å²) in [6.45, 7) is 0. The van der Waals surface area contributed by atoms with Gasteiger partial charge in [0.2, 0.25) is 0 Å². The van der Waals surface area contributed by atoms with Gasteiger partial charge in [-0.1, -0.05) is 29.8 Å². The highest BCUT2D eigenvalue weighted by Gasteiger charge is 2.34. The third-order valence-corrected chi connectivity index (χ3v) is 4.50. The van der Waals surface area contributed by atoms with Gasteiger partial charge < -0.3 is 4.42 Å². The van der Waals surface area contributed by atoms with Crippen molar-refractivity contribution in [1.29, 1.82) is 0 Å². The summed E-state index contributed by atoms with van der Waals surface area (Å²) in [6.07, 6.45) is 2.06. The Morgan fingerprint density at radius 3 is 2.65 bits per heavy atom. The van der Waals surface area contributed by atoms with E-state index in [2.05, 4.69) is 5.10 Å². The quantitative estimate of drug-likeness (QED) is 0.648. The zero-order valence-corrected chi connectivity index (χ0v) is 14.4. The lowest BCUT2D eigenvalue weighted by atomic mass is 10.0. The molecule has 1 aliphatic heterocycles. The van der Waals surface area contributed by atoms with Crippen LogP contribution in [0, 0.1) is 5.82 Å². The fourth-order valence-corrected chi connectivity index (χ4v) is 3.11. The number of hydrogen-bond donors (Lipinski definition) is 0. The molecule has 1 aromatic heterocycles. The van der Waals surface area contributed by atoms with Gasteiger partial charge in [0.25, 0.3) is 5.91 Å². The molecule has 0 spiro atoms. The van der Waals surface area contributed by atoms with Crippen LogP contribution in [0.25, 0.3) is 0 Å². The third-order valence-electron chi connectivity index (χ3n) is 4.25. The maximum atomic E-state index is 13.5. The molecule has 0 aliphatic carbocycles. The first kappa shape index (κ1) is 16.5. The number of nitrogens with zero attached hydrogens (tertiary/aromatic N) is 2. The number of carbonyl (C=O) groups excluding carboxylic acids is 1. The van der Waals surface area contributed by atoms with Crippen molar-refractivity contribution >= 4 is 23.2 Å². The van der Waals surface area contributed by atoms with E-state index >= 15 is 0 Å². The van der Waals surface area contributed by atoms with Crippen LogP contribution >= 0.6 is 11.6 Å². The van der Waals surface area contributed by atoms with E-state index in [1.54, 1.807) is 36.6 Å². The smallest absolute Gasteiger partial charge is 0.274 e. The van der Waals surface area contributed by atoms with Crippen LogP contribution in [0.3, 0.4) is 0 Å². The molecule has 0 bridgehead atoms. The lowest BCUT2D eigenvalue weighted by Crippen LogP contribution is -2.27. The average molecular weight is 369 g/mol. The van der Waals surface area contributed by atoms with Gasteiger partial charge in [0.05, 0.1) is 12.3 Å². The van der Waals surface area contributed by atoms with E-state index in [4.69, 9.17) is 16.0 Å². The van der Waals surface area contributed by atoms with Gasteiger partial charge in [0, 0.05) is 17.0 Å². The highest BCUT2D eigenvalue weighted by molar-refractivity contribution is 6.30. The summed E-state index contributed by atoms with van der Waals surface area (Å²) in [5.41, 5.74) is 1.80. The zero-order valence-electron chi connectivity index (χ0n) is 13.6. The van der Waals surface area contributed by atoms with Crippen LogP contribution in [-0.2, 0) is 0 Å². The monoisotopic (exact) mass is 368 g/mol. The first-order valence-electron chi connectivity index (χ1n) is 8.08. The average Bonchev–Trinajstić information content (AvgIpc) is 3.31. The summed E-state index contributed by atoms with van der Waals surface area (Å²) in [5.74, 6) is -0.224. The Bertz CT molecular complexity index is 968. The van der Waals surface area contributed by atoms with Crippen molar-refractivity contribution in [3.63, 3.8) is 0 Å². The number of benzene rings is 2. The molecule has 0 saturated heterocycles. The number of hydrogen-bond acceptors (Lipinski definition) is 3. The number of carbonyl (C=O) groups is 1. The SMILES string of the molecule is O=C(c1cccc(F)c1)N1N=C(c2ccco2)C[C@@H]1c1ccc(Cl)cc1. The molecular weight excluding hydrogens is 355 g/mol. The van der Waals surface area contributed by atoms with Crippen LogP contribution in [0.2, 0.25) is 5.02 Å². The van der Waals surface area contributed by atoms with Gasteiger partial charge in [-0.3, -0.25) is 4.79 Å². The lowest BCUT2D eigenvalue weighted by molar-refractivity contribution is 0.0710. The number of amides is 1. The normalized spacial score (nSPS) is 16.6. The molecule has 1 atom stereocenters. The van der Waals surface area contributed by atoms with E-state index in [1.165, 1.54) is 23.2 Å². The molecule has 4 rings (SSSR count). The zero-order chi connectivity index (χ0) is 18.1. The molecule has 1 aliphatic rings. The molecule has 0 fully saturated rings. The first-order valence-corrected chi connectivity index (χ1v) is 8.45. The number of rotatable bonds is 3. The molecule has 0 unspecified atom stereocenters. The Morgan fingerprint density at radius 2 is 1.96 bits per heavy atom. The van der Waals surface area contributed by atoms with E-state index in [1.807, 2.05) is 12.1 Å². The van der Waals surface area contributed by atoms with Crippen LogP contribution in [0.1, 0.15) is 34.1 Å². The highest BCUT2D eigenvalue weighted by atomic mass is 35.5. The molecule has 2 heterocycles. The highest BCUT2D eigenvalue weighted by Crippen LogP contribution is 2.34. The van der Waals surface area contributed by atoms with E-state index in [0.717, 1.165) is 5.56 Å². The van der Waals surface area contributed by atoms with E-state index < -0.39 is 5.82 Å². The first-order chi connectivity index (χ1) is 12.6. The van der Waals surface area contributed by atoms with Gasteiger partial charge in [-0.05, 0) is 48.0 Å². The standard InChI is InChI=1S/C20H14ClFN2O2/c21-15-8-6-13(7-9-15)18-12-17(19-5-2-10-26-19)23-24(18)20(25)14-3-1-4-16(22)11-14/h1-11,18H,12H2/t18-/m1/s1. The summed E-state index contributed by atoms with van der Waals surface area (Å²) >= 11 is 5.97.